The maximum atomic E-state index is 4.11. The van der Waals surface area contributed by atoms with Gasteiger partial charge in [-0.2, -0.15) is 12.6 Å². The van der Waals surface area contributed by atoms with Crippen LogP contribution < -0.4 is 5.32 Å². The molecule has 0 bridgehead atoms. The molecule has 0 radical (unpaired) electrons. The molecule has 0 saturated carbocycles. The number of hydrogen-bond donors (Lipinski definition) is 2. The first kappa shape index (κ1) is 9.31. The van der Waals surface area contributed by atoms with Gasteiger partial charge in [0.15, 0.2) is 0 Å². The van der Waals surface area contributed by atoms with Crippen molar-refractivity contribution < 1.29 is 0 Å². The van der Waals surface area contributed by atoms with E-state index in [1.54, 1.807) is 0 Å². The molecule has 1 N–H and O–H groups in total. The Labute approximate surface area is 63.6 Å². The zero-order valence-electron chi connectivity index (χ0n) is 6.19. The van der Waals surface area contributed by atoms with E-state index in [2.05, 4.69) is 24.9 Å². The third-order valence-electron chi connectivity index (χ3n) is 1.22. The fourth-order valence-corrected chi connectivity index (χ4v) is 0.789. The lowest BCUT2D eigenvalue weighted by molar-refractivity contribution is 0.635. The van der Waals surface area contributed by atoms with Crippen LogP contribution in [0.3, 0.4) is 0 Å². The predicted molar refractivity (Wildman–Crippen MR) is 46.2 cm³/mol. The van der Waals surface area contributed by atoms with Gasteiger partial charge >= 0.3 is 0 Å². The lowest BCUT2D eigenvalue weighted by atomic mass is 10.3. The summed E-state index contributed by atoms with van der Waals surface area (Å²) in [6, 6.07) is 0. The zero-order valence-corrected chi connectivity index (χ0v) is 7.08. The molecule has 0 aliphatic heterocycles. The van der Waals surface area contributed by atoms with Gasteiger partial charge in [0.1, 0.15) is 0 Å². The van der Waals surface area contributed by atoms with Crippen molar-refractivity contribution in [2.75, 3.05) is 18.8 Å². The van der Waals surface area contributed by atoms with Gasteiger partial charge in [0.2, 0.25) is 0 Å². The van der Waals surface area contributed by atoms with Crippen LogP contribution in [0.1, 0.15) is 26.2 Å². The molecule has 1 nitrogen and oxygen atoms in total. The molecule has 0 aromatic rings. The van der Waals surface area contributed by atoms with E-state index >= 15 is 0 Å². The van der Waals surface area contributed by atoms with E-state index < -0.39 is 0 Å². The van der Waals surface area contributed by atoms with Crippen LogP contribution >= 0.6 is 12.6 Å². The number of hydrogen-bond acceptors (Lipinski definition) is 2. The highest BCUT2D eigenvalue weighted by Crippen LogP contribution is 1.84. The molecule has 0 aromatic heterocycles. The summed E-state index contributed by atoms with van der Waals surface area (Å²) in [5.41, 5.74) is 0. The van der Waals surface area contributed by atoms with Crippen LogP contribution in [0.4, 0.5) is 0 Å². The van der Waals surface area contributed by atoms with Gasteiger partial charge in [-0.25, -0.2) is 0 Å². The first-order chi connectivity index (χ1) is 4.41. The Morgan fingerprint density at radius 2 is 1.89 bits per heavy atom. The highest BCUT2D eigenvalue weighted by Gasteiger charge is 1.83. The molecule has 56 valence electrons. The quantitative estimate of drug-likeness (QED) is 0.430. The minimum Gasteiger partial charge on any atom is -0.317 e. The molecule has 0 saturated heterocycles. The molecule has 0 rings (SSSR count). The topological polar surface area (TPSA) is 12.0 Å². The minimum absolute atomic E-state index is 0.999. The number of unbranched alkanes of at least 4 members (excludes halogenated alkanes) is 1. The number of thiol groups is 1. The van der Waals surface area contributed by atoms with Crippen LogP contribution in [-0.2, 0) is 0 Å². The van der Waals surface area contributed by atoms with Crippen LogP contribution in [-0.4, -0.2) is 18.8 Å². The summed E-state index contributed by atoms with van der Waals surface area (Å²) in [5.74, 6) is 0.999. The third kappa shape index (κ3) is 8.31. The molecule has 0 aliphatic carbocycles. The number of rotatable bonds is 6. The Bertz CT molecular complexity index is 42.2. The summed E-state index contributed by atoms with van der Waals surface area (Å²) >= 11 is 4.11. The van der Waals surface area contributed by atoms with Gasteiger partial charge < -0.3 is 5.32 Å². The Morgan fingerprint density at radius 1 is 1.22 bits per heavy atom. The Hall–Kier alpha value is 0.310. The van der Waals surface area contributed by atoms with Gasteiger partial charge in [0.25, 0.3) is 0 Å². The SMILES string of the molecule is CCCCNCCCS. The van der Waals surface area contributed by atoms with E-state index in [1.807, 2.05) is 0 Å². The molecule has 0 heterocycles. The van der Waals surface area contributed by atoms with Gasteiger partial charge in [0, 0.05) is 0 Å². The smallest absolute Gasteiger partial charge is 0.00411 e. The van der Waals surface area contributed by atoms with Crippen LogP contribution in [0.2, 0.25) is 0 Å². The summed E-state index contributed by atoms with van der Waals surface area (Å²) < 4.78 is 0. The number of nitrogens with one attached hydrogen (secondary N) is 1. The summed E-state index contributed by atoms with van der Waals surface area (Å²) in [5, 5.41) is 3.34. The van der Waals surface area contributed by atoms with Crippen molar-refractivity contribution in [2.45, 2.75) is 26.2 Å². The summed E-state index contributed by atoms with van der Waals surface area (Å²) in [6.07, 6.45) is 3.77. The van der Waals surface area contributed by atoms with Crippen LogP contribution in [0.15, 0.2) is 0 Å². The van der Waals surface area contributed by atoms with Crippen LogP contribution in [0.5, 0.6) is 0 Å². The van der Waals surface area contributed by atoms with Crippen molar-refractivity contribution in [3.63, 3.8) is 0 Å². The van der Waals surface area contributed by atoms with E-state index in [4.69, 9.17) is 0 Å². The molecule has 0 amide bonds. The van der Waals surface area contributed by atoms with Crippen molar-refractivity contribution >= 4 is 12.6 Å². The lowest BCUT2D eigenvalue weighted by Gasteiger charge is -1.99. The molecule has 2 heteroatoms. The van der Waals surface area contributed by atoms with E-state index in [0.717, 1.165) is 12.3 Å². The highest BCUT2D eigenvalue weighted by molar-refractivity contribution is 7.80. The molecule has 0 unspecified atom stereocenters. The average Bonchev–Trinajstić information content (AvgIpc) is 1.89. The van der Waals surface area contributed by atoms with E-state index in [9.17, 15) is 0 Å². The second-order valence-electron chi connectivity index (χ2n) is 2.18. The average molecular weight is 147 g/mol. The molecule has 0 atom stereocenters. The second-order valence-corrected chi connectivity index (χ2v) is 2.63. The second kappa shape index (κ2) is 8.31. The summed E-state index contributed by atoms with van der Waals surface area (Å²) in [4.78, 5) is 0. The molecule has 0 fully saturated rings. The van der Waals surface area contributed by atoms with E-state index in [1.165, 1.54) is 25.8 Å². The van der Waals surface area contributed by atoms with Gasteiger partial charge in [-0.15, -0.1) is 0 Å². The van der Waals surface area contributed by atoms with Crippen molar-refractivity contribution in [2.24, 2.45) is 0 Å². The molecular formula is C7H17NS. The third-order valence-corrected chi connectivity index (χ3v) is 1.54. The molecule has 0 aromatic carbocycles. The minimum atomic E-state index is 0.999. The maximum Gasteiger partial charge on any atom is -0.00411 e. The Morgan fingerprint density at radius 3 is 2.44 bits per heavy atom. The van der Waals surface area contributed by atoms with Crippen LogP contribution in [0.25, 0.3) is 0 Å². The molecular weight excluding hydrogens is 130 g/mol. The Balaban J connectivity index is 2.60. The summed E-state index contributed by atoms with van der Waals surface area (Å²) in [6.45, 7) is 4.51. The zero-order chi connectivity index (χ0) is 6.95. The normalized spacial score (nSPS) is 10.0. The van der Waals surface area contributed by atoms with Crippen molar-refractivity contribution in [1.82, 2.24) is 5.32 Å². The van der Waals surface area contributed by atoms with Crippen molar-refractivity contribution in [3.05, 3.63) is 0 Å². The highest BCUT2D eigenvalue weighted by atomic mass is 32.1. The van der Waals surface area contributed by atoms with Crippen molar-refractivity contribution in [3.8, 4) is 0 Å². The van der Waals surface area contributed by atoms with Gasteiger partial charge in [-0.3, -0.25) is 0 Å². The largest absolute Gasteiger partial charge is 0.317 e. The van der Waals surface area contributed by atoms with E-state index in [-0.39, 0.29) is 0 Å². The van der Waals surface area contributed by atoms with Crippen molar-refractivity contribution in [1.29, 1.82) is 0 Å². The fourth-order valence-electron chi connectivity index (χ4n) is 0.631. The first-order valence-corrected chi connectivity index (χ1v) is 4.36. The van der Waals surface area contributed by atoms with Gasteiger partial charge in [-0.1, -0.05) is 13.3 Å². The maximum absolute atomic E-state index is 4.11. The predicted octanol–water partition coefficient (Wildman–Crippen LogP) is 1.70. The molecule has 0 aliphatic rings. The lowest BCUT2D eigenvalue weighted by Crippen LogP contribution is -2.16. The van der Waals surface area contributed by atoms with Gasteiger partial charge in [-0.05, 0) is 31.7 Å². The molecule has 9 heavy (non-hydrogen) atoms. The monoisotopic (exact) mass is 147 g/mol. The fraction of sp³-hybridized carbons (Fsp3) is 1.00. The first-order valence-electron chi connectivity index (χ1n) is 3.73. The molecule has 0 spiro atoms. The standard InChI is InChI=1S/C7H17NS/c1-2-3-5-8-6-4-7-9/h8-9H,2-7H2,1H3. The van der Waals surface area contributed by atoms with Gasteiger partial charge in [0.05, 0.1) is 0 Å². The Kier molecular flexibility index (Phi) is 8.60. The van der Waals surface area contributed by atoms with Crippen LogP contribution in [0, 0.1) is 0 Å². The van der Waals surface area contributed by atoms with E-state index in [0.29, 0.717) is 0 Å². The summed E-state index contributed by atoms with van der Waals surface area (Å²) in [7, 11) is 0.